The Bertz CT molecular complexity index is 653. The molecule has 0 aromatic heterocycles. The van der Waals surface area contributed by atoms with Crippen LogP contribution in [0.25, 0.3) is 0 Å². The minimum atomic E-state index is -0.121. The van der Waals surface area contributed by atoms with Gasteiger partial charge >= 0.3 is 0 Å². The zero-order valence-electron chi connectivity index (χ0n) is 13.0. The molecular formula is C18H20INO2. The van der Waals surface area contributed by atoms with Gasteiger partial charge < -0.3 is 10.1 Å². The molecule has 1 unspecified atom stereocenters. The molecule has 22 heavy (non-hydrogen) atoms. The molecule has 1 atom stereocenters. The van der Waals surface area contributed by atoms with Gasteiger partial charge in [-0.25, -0.2) is 0 Å². The highest BCUT2D eigenvalue weighted by molar-refractivity contribution is 14.1. The predicted molar refractivity (Wildman–Crippen MR) is 97.1 cm³/mol. The average Bonchev–Trinajstić information content (AvgIpc) is 2.49. The summed E-state index contributed by atoms with van der Waals surface area (Å²) in [5, 5.41) is 2.96. The minimum Gasteiger partial charge on any atom is -0.484 e. The van der Waals surface area contributed by atoms with Crippen molar-refractivity contribution in [2.24, 2.45) is 0 Å². The zero-order chi connectivity index (χ0) is 16.1. The fraction of sp³-hybridized carbons (Fsp3) is 0.278. The van der Waals surface area contributed by atoms with Crippen molar-refractivity contribution >= 4 is 28.5 Å². The van der Waals surface area contributed by atoms with Crippen LogP contribution in [0, 0.1) is 17.4 Å². The van der Waals surface area contributed by atoms with Gasteiger partial charge in [-0.05, 0) is 84.3 Å². The Morgan fingerprint density at radius 3 is 2.45 bits per heavy atom. The van der Waals surface area contributed by atoms with Crippen LogP contribution in [0.1, 0.15) is 29.7 Å². The molecule has 0 spiro atoms. The van der Waals surface area contributed by atoms with E-state index >= 15 is 0 Å². The van der Waals surface area contributed by atoms with Crippen molar-refractivity contribution < 1.29 is 9.53 Å². The number of carbonyl (C=O) groups is 1. The Morgan fingerprint density at radius 2 is 1.82 bits per heavy atom. The fourth-order valence-corrected chi connectivity index (χ4v) is 2.44. The normalized spacial score (nSPS) is 11.8. The molecule has 2 aromatic rings. The van der Waals surface area contributed by atoms with Gasteiger partial charge in [-0.15, -0.1) is 0 Å². The third kappa shape index (κ3) is 4.73. The summed E-state index contributed by atoms with van der Waals surface area (Å²) in [6.07, 6.45) is 0. The van der Waals surface area contributed by atoms with Crippen LogP contribution in [0.15, 0.2) is 42.5 Å². The Labute approximate surface area is 145 Å². The summed E-state index contributed by atoms with van der Waals surface area (Å²) in [6.45, 7) is 6.16. The van der Waals surface area contributed by atoms with Gasteiger partial charge in [-0.3, -0.25) is 4.79 Å². The summed E-state index contributed by atoms with van der Waals surface area (Å²) >= 11 is 2.23. The average molecular weight is 409 g/mol. The van der Waals surface area contributed by atoms with E-state index in [0.29, 0.717) is 5.75 Å². The number of aryl methyl sites for hydroxylation is 2. The Balaban J connectivity index is 1.88. The van der Waals surface area contributed by atoms with Gasteiger partial charge in [0.25, 0.3) is 5.91 Å². The summed E-state index contributed by atoms with van der Waals surface area (Å²) in [7, 11) is 0. The van der Waals surface area contributed by atoms with E-state index < -0.39 is 0 Å². The molecule has 0 fully saturated rings. The summed E-state index contributed by atoms with van der Waals surface area (Å²) in [5.74, 6) is 0.582. The summed E-state index contributed by atoms with van der Waals surface area (Å²) < 4.78 is 6.62. The second-order valence-corrected chi connectivity index (χ2v) is 6.62. The van der Waals surface area contributed by atoms with Gasteiger partial charge in [-0.1, -0.05) is 18.2 Å². The second-order valence-electron chi connectivity index (χ2n) is 5.38. The molecule has 0 aliphatic rings. The third-order valence-electron chi connectivity index (χ3n) is 3.59. The number of amides is 1. The minimum absolute atomic E-state index is 0.0236. The second kappa shape index (κ2) is 7.63. The molecule has 1 amide bonds. The summed E-state index contributed by atoms with van der Waals surface area (Å²) in [4.78, 5) is 12.0. The molecular weight excluding hydrogens is 389 g/mol. The molecule has 4 heteroatoms. The highest BCUT2D eigenvalue weighted by Crippen LogP contribution is 2.17. The van der Waals surface area contributed by atoms with E-state index in [9.17, 15) is 4.79 Å². The van der Waals surface area contributed by atoms with Crippen molar-refractivity contribution in [1.82, 2.24) is 5.32 Å². The van der Waals surface area contributed by atoms with E-state index in [2.05, 4.69) is 53.9 Å². The number of carbonyl (C=O) groups excluding carboxylic acids is 1. The molecule has 2 aromatic carbocycles. The maximum atomic E-state index is 12.0. The summed E-state index contributed by atoms with van der Waals surface area (Å²) in [6, 6.07) is 13.8. The number of nitrogens with one attached hydrogen (secondary N) is 1. The lowest BCUT2D eigenvalue weighted by Crippen LogP contribution is -2.31. The van der Waals surface area contributed by atoms with Crippen LogP contribution < -0.4 is 10.1 Å². The van der Waals surface area contributed by atoms with Crippen LogP contribution in [0.5, 0.6) is 5.75 Å². The molecule has 0 bridgehead atoms. The van der Waals surface area contributed by atoms with E-state index in [0.717, 1.165) is 9.13 Å². The molecule has 3 nitrogen and oxygen atoms in total. The number of rotatable bonds is 5. The maximum absolute atomic E-state index is 12.0. The lowest BCUT2D eigenvalue weighted by atomic mass is 10.0. The monoisotopic (exact) mass is 409 g/mol. The number of hydrogen-bond donors (Lipinski definition) is 1. The van der Waals surface area contributed by atoms with E-state index in [1.165, 1.54) is 11.1 Å². The van der Waals surface area contributed by atoms with E-state index in [4.69, 9.17) is 4.74 Å². The fourth-order valence-electron chi connectivity index (χ4n) is 2.08. The highest BCUT2D eigenvalue weighted by atomic mass is 127. The zero-order valence-corrected chi connectivity index (χ0v) is 15.2. The quantitative estimate of drug-likeness (QED) is 0.754. The van der Waals surface area contributed by atoms with Gasteiger partial charge in [0.2, 0.25) is 0 Å². The van der Waals surface area contributed by atoms with Gasteiger partial charge in [0.05, 0.1) is 6.04 Å². The van der Waals surface area contributed by atoms with Gasteiger partial charge in [0, 0.05) is 3.57 Å². The Hall–Kier alpha value is -1.56. The Morgan fingerprint density at radius 1 is 1.14 bits per heavy atom. The first kappa shape index (κ1) is 16.8. The van der Waals surface area contributed by atoms with Crippen molar-refractivity contribution in [3.05, 3.63) is 62.7 Å². The van der Waals surface area contributed by atoms with Crippen molar-refractivity contribution in [2.75, 3.05) is 6.61 Å². The maximum Gasteiger partial charge on any atom is 0.258 e. The van der Waals surface area contributed by atoms with Gasteiger partial charge in [0.1, 0.15) is 5.75 Å². The molecule has 0 radical (unpaired) electrons. The molecule has 0 aliphatic carbocycles. The number of benzene rings is 2. The smallest absolute Gasteiger partial charge is 0.258 e. The number of halogens is 1. The Kier molecular flexibility index (Phi) is 5.83. The van der Waals surface area contributed by atoms with E-state index in [-0.39, 0.29) is 18.6 Å². The molecule has 0 aliphatic heterocycles. The molecule has 0 heterocycles. The van der Waals surface area contributed by atoms with Crippen molar-refractivity contribution in [2.45, 2.75) is 26.8 Å². The summed E-state index contributed by atoms with van der Waals surface area (Å²) in [5.41, 5.74) is 3.59. The first-order valence-corrected chi connectivity index (χ1v) is 8.28. The van der Waals surface area contributed by atoms with Crippen LogP contribution >= 0.6 is 22.6 Å². The van der Waals surface area contributed by atoms with Crippen LogP contribution in [0.3, 0.4) is 0 Å². The molecule has 116 valence electrons. The van der Waals surface area contributed by atoms with Crippen LogP contribution in [-0.4, -0.2) is 12.5 Å². The number of hydrogen-bond acceptors (Lipinski definition) is 2. The SMILES string of the molecule is Cc1ccc(C(C)NC(=O)COc2ccc(I)cc2)cc1C. The lowest BCUT2D eigenvalue weighted by molar-refractivity contribution is -0.123. The third-order valence-corrected chi connectivity index (χ3v) is 4.31. The van der Waals surface area contributed by atoms with Crippen molar-refractivity contribution in [3.8, 4) is 5.75 Å². The molecule has 0 saturated heterocycles. The topological polar surface area (TPSA) is 38.3 Å². The van der Waals surface area contributed by atoms with Crippen LogP contribution in [0.4, 0.5) is 0 Å². The van der Waals surface area contributed by atoms with Gasteiger partial charge in [-0.2, -0.15) is 0 Å². The number of ether oxygens (including phenoxy) is 1. The largest absolute Gasteiger partial charge is 0.484 e. The molecule has 1 N–H and O–H groups in total. The lowest BCUT2D eigenvalue weighted by Gasteiger charge is -2.16. The predicted octanol–water partition coefficient (Wildman–Crippen LogP) is 4.16. The standard InChI is InChI=1S/C18H20INO2/c1-12-4-5-15(10-13(12)2)14(3)20-18(21)11-22-17-8-6-16(19)7-9-17/h4-10,14H,11H2,1-3H3,(H,20,21). The highest BCUT2D eigenvalue weighted by Gasteiger charge is 2.10. The van der Waals surface area contributed by atoms with E-state index in [1.807, 2.05) is 37.3 Å². The molecule has 0 saturated carbocycles. The molecule has 2 rings (SSSR count). The van der Waals surface area contributed by atoms with Crippen molar-refractivity contribution in [3.63, 3.8) is 0 Å². The first-order chi connectivity index (χ1) is 10.5. The van der Waals surface area contributed by atoms with E-state index in [1.54, 1.807) is 0 Å². The van der Waals surface area contributed by atoms with Gasteiger partial charge in [0.15, 0.2) is 6.61 Å². The van der Waals surface area contributed by atoms with Crippen LogP contribution in [0.2, 0.25) is 0 Å². The first-order valence-electron chi connectivity index (χ1n) is 7.20. The van der Waals surface area contributed by atoms with Crippen molar-refractivity contribution in [1.29, 1.82) is 0 Å². The van der Waals surface area contributed by atoms with Crippen LogP contribution in [-0.2, 0) is 4.79 Å².